The minimum Gasteiger partial charge on any atom is -0.390 e. The van der Waals surface area contributed by atoms with Crippen LogP contribution in [0.2, 0.25) is 0 Å². The highest BCUT2D eigenvalue weighted by molar-refractivity contribution is 7.66. The van der Waals surface area contributed by atoms with E-state index in [1.165, 1.54) is 17.2 Å². The van der Waals surface area contributed by atoms with Crippen molar-refractivity contribution >= 4 is 40.4 Å². The molecule has 4 unspecified atom stereocenters. The second-order valence-corrected chi connectivity index (χ2v) is 10.3. The number of nitrogen functional groups attached to an aromatic ring is 1. The fourth-order valence-corrected chi connectivity index (χ4v) is 5.62. The third-order valence-electron chi connectivity index (χ3n) is 3.72. The van der Waals surface area contributed by atoms with Crippen molar-refractivity contribution in [1.82, 2.24) is 19.5 Å². The molecular formula is C10H16N5O12P3. The van der Waals surface area contributed by atoms with Crippen LogP contribution in [-0.2, 0) is 31.6 Å². The first-order valence-corrected chi connectivity index (χ1v) is 12.3. The molecule has 0 saturated carbocycles. The quantitative estimate of drug-likeness (QED) is 0.252. The Morgan fingerprint density at radius 1 is 1.13 bits per heavy atom. The van der Waals surface area contributed by atoms with E-state index in [9.17, 15) is 23.7 Å². The van der Waals surface area contributed by atoms with Crippen LogP contribution < -0.4 is 5.73 Å². The number of imidazole rings is 1. The van der Waals surface area contributed by atoms with Gasteiger partial charge in [0.2, 0.25) is 0 Å². The van der Waals surface area contributed by atoms with Crippen molar-refractivity contribution in [2.24, 2.45) is 0 Å². The van der Waals surface area contributed by atoms with Gasteiger partial charge in [-0.1, -0.05) is 0 Å². The zero-order valence-corrected chi connectivity index (χ0v) is 17.3. The summed E-state index contributed by atoms with van der Waals surface area (Å²) in [4.78, 5) is 47.4. The van der Waals surface area contributed by atoms with Gasteiger partial charge in [0.15, 0.2) is 11.5 Å². The lowest BCUT2D eigenvalue weighted by Gasteiger charge is -2.19. The molecule has 1 saturated heterocycles. The number of fused-ring (bicyclic) bond motifs is 1. The number of ether oxygens (including phenoxy) is 1. The molecule has 3 rings (SSSR count). The van der Waals surface area contributed by atoms with Crippen LogP contribution in [-0.4, -0.2) is 63.0 Å². The Bertz CT molecular complexity index is 1070. The van der Waals surface area contributed by atoms with Gasteiger partial charge in [0, 0.05) is 6.42 Å². The fourth-order valence-electron chi connectivity index (χ4n) is 2.59. The molecule has 0 bridgehead atoms. The molecule has 0 spiro atoms. The summed E-state index contributed by atoms with van der Waals surface area (Å²) in [6.45, 7) is -0.787. The molecule has 1 aliphatic heterocycles. The molecule has 2 aromatic rings. The molecule has 0 aliphatic carbocycles. The topological polar surface area (TPSA) is 259 Å². The summed E-state index contributed by atoms with van der Waals surface area (Å²) in [5, 5.41) is 10.1. The number of hydrogen-bond donors (Lipinski definition) is 6. The highest BCUT2D eigenvalue weighted by Crippen LogP contribution is 2.66. The van der Waals surface area contributed by atoms with Crippen molar-refractivity contribution in [2.45, 2.75) is 24.9 Å². The normalized spacial score (nSPS) is 26.5. The molecule has 7 N–H and O–H groups in total. The molecule has 20 heteroatoms. The van der Waals surface area contributed by atoms with Crippen LogP contribution in [0.15, 0.2) is 12.7 Å². The Hall–Kier alpha value is -1.32. The molecule has 0 amide bonds. The van der Waals surface area contributed by atoms with Gasteiger partial charge in [-0.2, -0.15) is 8.62 Å². The van der Waals surface area contributed by atoms with Crippen molar-refractivity contribution in [1.29, 1.82) is 0 Å². The molecule has 0 aromatic carbocycles. The SMILES string of the molecule is Nc1ncnc2c1ncn2C1C[C@@H](O)C(COP(=O)(O)OP(=O)(O)OP(=O)(O)O)O1. The van der Waals surface area contributed by atoms with Gasteiger partial charge >= 0.3 is 23.5 Å². The molecule has 1 aliphatic rings. The second-order valence-electron chi connectivity index (χ2n) is 5.90. The van der Waals surface area contributed by atoms with E-state index in [4.69, 9.17) is 25.2 Å². The highest BCUT2D eigenvalue weighted by atomic mass is 31.3. The maximum absolute atomic E-state index is 11.8. The molecule has 0 radical (unpaired) electrons. The third kappa shape index (κ3) is 5.68. The summed E-state index contributed by atoms with van der Waals surface area (Å²) < 4.78 is 52.3. The Labute approximate surface area is 166 Å². The number of nitrogens with zero attached hydrogens (tertiary/aromatic N) is 4. The minimum atomic E-state index is -5.64. The second kappa shape index (κ2) is 8.31. The van der Waals surface area contributed by atoms with E-state index in [0.29, 0.717) is 11.2 Å². The molecule has 2 aromatic heterocycles. The predicted molar refractivity (Wildman–Crippen MR) is 94.1 cm³/mol. The Morgan fingerprint density at radius 3 is 2.50 bits per heavy atom. The van der Waals surface area contributed by atoms with Crippen molar-refractivity contribution in [2.75, 3.05) is 12.3 Å². The summed E-state index contributed by atoms with van der Waals surface area (Å²) in [7, 11) is -16.5. The largest absolute Gasteiger partial charge is 0.490 e. The van der Waals surface area contributed by atoms with Crippen LogP contribution >= 0.6 is 23.5 Å². The standard InChI is InChI=1S/C10H16N5O12P3/c11-9-8-10(13-3-12-9)15(4-14-8)7-1-5(16)6(25-7)2-24-29(20,21)27-30(22,23)26-28(17,18)19/h3-7,16H,1-2H2,(H,20,21)(H,22,23)(H2,11,12,13)(H2,17,18,19)/t5-,6?,7?/m1/s1. The van der Waals surface area contributed by atoms with Crippen molar-refractivity contribution in [3.05, 3.63) is 12.7 Å². The Kier molecular flexibility index (Phi) is 6.47. The van der Waals surface area contributed by atoms with Gasteiger partial charge in [0.1, 0.15) is 24.2 Å². The van der Waals surface area contributed by atoms with E-state index >= 15 is 0 Å². The maximum atomic E-state index is 11.8. The van der Waals surface area contributed by atoms with Crippen LogP contribution in [0.5, 0.6) is 0 Å². The first kappa shape index (κ1) is 23.3. The molecule has 168 valence electrons. The van der Waals surface area contributed by atoms with Crippen LogP contribution in [0.3, 0.4) is 0 Å². The molecule has 3 heterocycles. The maximum Gasteiger partial charge on any atom is 0.490 e. The van der Waals surface area contributed by atoms with Gasteiger partial charge in [-0.25, -0.2) is 28.6 Å². The lowest BCUT2D eigenvalue weighted by atomic mass is 10.2. The summed E-state index contributed by atoms with van der Waals surface area (Å²) in [5.41, 5.74) is 6.31. The summed E-state index contributed by atoms with van der Waals surface area (Å²) >= 11 is 0. The highest BCUT2D eigenvalue weighted by Gasteiger charge is 2.43. The third-order valence-corrected chi connectivity index (χ3v) is 7.52. The first-order valence-electron chi connectivity index (χ1n) is 7.81. The van der Waals surface area contributed by atoms with Gasteiger partial charge in [0.05, 0.1) is 19.0 Å². The fraction of sp³-hybridized carbons (Fsp3) is 0.500. The van der Waals surface area contributed by atoms with E-state index < -0.39 is 48.5 Å². The van der Waals surface area contributed by atoms with Crippen LogP contribution in [0.4, 0.5) is 5.82 Å². The Balaban J connectivity index is 1.64. The number of hydrogen-bond acceptors (Lipinski definition) is 12. The molecule has 30 heavy (non-hydrogen) atoms. The summed E-state index contributed by atoms with van der Waals surface area (Å²) in [5.74, 6) is 0.126. The number of aliphatic hydroxyl groups is 1. The van der Waals surface area contributed by atoms with Gasteiger partial charge in [-0.15, -0.1) is 0 Å². The average molecular weight is 491 g/mol. The molecule has 1 fully saturated rings. The van der Waals surface area contributed by atoms with E-state index in [-0.39, 0.29) is 12.2 Å². The van der Waals surface area contributed by atoms with Gasteiger partial charge in [-0.3, -0.25) is 9.09 Å². The molecular weight excluding hydrogens is 475 g/mol. The molecule has 17 nitrogen and oxygen atoms in total. The zero-order chi connectivity index (χ0) is 22.3. The van der Waals surface area contributed by atoms with E-state index in [1.54, 1.807) is 0 Å². The van der Waals surface area contributed by atoms with Crippen LogP contribution in [0, 0.1) is 0 Å². The van der Waals surface area contributed by atoms with E-state index in [1.807, 2.05) is 0 Å². The number of phosphoric acid groups is 3. The lowest BCUT2D eigenvalue weighted by molar-refractivity contribution is -0.0423. The zero-order valence-electron chi connectivity index (χ0n) is 14.6. The van der Waals surface area contributed by atoms with Crippen LogP contribution in [0.1, 0.15) is 12.6 Å². The van der Waals surface area contributed by atoms with Crippen molar-refractivity contribution < 1.29 is 56.3 Å². The van der Waals surface area contributed by atoms with Gasteiger partial charge < -0.3 is 35.2 Å². The first-order chi connectivity index (χ1) is 13.8. The monoisotopic (exact) mass is 491 g/mol. The number of anilines is 1. The number of nitrogens with two attached hydrogens (primary N) is 1. The number of phosphoric ester groups is 1. The van der Waals surface area contributed by atoms with Gasteiger partial charge in [0.25, 0.3) is 0 Å². The average Bonchev–Trinajstić information content (AvgIpc) is 3.14. The number of aliphatic hydroxyl groups excluding tert-OH is 1. The van der Waals surface area contributed by atoms with Crippen LogP contribution in [0.25, 0.3) is 11.2 Å². The van der Waals surface area contributed by atoms with Gasteiger partial charge in [-0.05, 0) is 0 Å². The van der Waals surface area contributed by atoms with Crippen molar-refractivity contribution in [3.63, 3.8) is 0 Å². The number of aromatic nitrogens is 4. The van der Waals surface area contributed by atoms with Crippen molar-refractivity contribution in [3.8, 4) is 0 Å². The predicted octanol–water partition coefficient (Wildman–Crippen LogP) is -0.600. The number of rotatable bonds is 8. The Morgan fingerprint density at radius 2 is 1.83 bits per heavy atom. The smallest absolute Gasteiger partial charge is 0.390 e. The summed E-state index contributed by atoms with van der Waals surface area (Å²) in [6, 6.07) is 0. The van der Waals surface area contributed by atoms with E-state index in [2.05, 4.69) is 28.1 Å². The lowest BCUT2D eigenvalue weighted by Crippen LogP contribution is -2.26. The minimum absolute atomic E-state index is 0.000206. The summed E-state index contributed by atoms with van der Waals surface area (Å²) in [6.07, 6.45) is -0.643. The van der Waals surface area contributed by atoms with E-state index in [0.717, 1.165) is 0 Å². The molecule has 5 atom stereocenters.